The first-order valence-electron chi connectivity index (χ1n) is 10.3. The third-order valence-corrected chi connectivity index (χ3v) is 4.72. The molecule has 0 aromatic heterocycles. The van der Waals surface area contributed by atoms with Gasteiger partial charge in [0, 0.05) is 17.7 Å². The number of nitro benzene ring substituents is 1. The summed E-state index contributed by atoms with van der Waals surface area (Å²) in [6.45, 7) is 7.35. The molecule has 0 bridgehead atoms. The molecular weight excluding hydrogens is 406 g/mol. The van der Waals surface area contributed by atoms with Crippen molar-refractivity contribution in [1.82, 2.24) is 0 Å². The van der Waals surface area contributed by atoms with E-state index in [2.05, 4.69) is 43.4 Å². The Morgan fingerprint density at radius 3 is 2.25 bits per heavy atom. The maximum atomic E-state index is 10.7. The van der Waals surface area contributed by atoms with E-state index in [1.165, 1.54) is 17.7 Å². The number of nitrogens with one attached hydrogen (secondary N) is 1. The lowest BCUT2D eigenvalue weighted by Crippen LogP contribution is -2.12. The van der Waals surface area contributed by atoms with Crippen molar-refractivity contribution < 1.29 is 14.4 Å². The van der Waals surface area contributed by atoms with Crippen LogP contribution in [-0.2, 0) is 5.41 Å². The van der Waals surface area contributed by atoms with Crippen molar-refractivity contribution in [3.63, 3.8) is 0 Å². The predicted octanol–water partition coefficient (Wildman–Crippen LogP) is 5.80. The summed E-state index contributed by atoms with van der Waals surface area (Å²) in [5.74, 6) is 1.50. The van der Waals surface area contributed by atoms with Crippen LogP contribution in [-0.4, -0.2) is 24.4 Å². The molecule has 3 aromatic rings. The lowest BCUT2D eigenvalue weighted by atomic mass is 9.87. The summed E-state index contributed by atoms with van der Waals surface area (Å²) in [7, 11) is 0. The van der Waals surface area contributed by atoms with E-state index in [9.17, 15) is 10.1 Å². The number of non-ortho nitro benzene ring substituents is 1. The van der Waals surface area contributed by atoms with Gasteiger partial charge in [0.05, 0.1) is 16.8 Å². The minimum Gasteiger partial charge on any atom is -0.490 e. The van der Waals surface area contributed by atoms with Crippen LogP contribution < -0.4 is 14.9 Å². The summed E-state index contributed by atoms with van der Waals surface area (Å²) in [4.78, 5) is 10.3. The van der Waals surface area contributed by atoms with Gasteiger partial charge in [0.1, 0.15) is 24.7 Å². The van der Waals surface area contributed by atoms with E-state index >= 15 is 0 Å². The summed E-state index contributed by atoms with van der Waals surface area (Å²) in [6.07, 6.45) is 1.64. The SMILES string of the molecule is CC(C)(C)c1ccc(OCCOc2ccccc2/C=N\Nc2ccc([N+](=O)[O-])cc2)cc1. The van der Waals surface area contributed by atoms with Gasteiger partial charge < -0.3 is 9.47 Å². The van der Waals surface area contributed by atoms with Crippen molar-refractivity contribution in [3.8, 4) is 11.5 Å². The van der Waals surface area contributed by atoms with Crippen molar-refractivity contribution in [2.75, 3.05) is 18.6 Å². The van der Waals surface area contributed by atoms with Crippen LogP contribution in [0, 0.1) is 10.1 Å². The van der Waals surface area contributed by atoms with Crippen LogP contribution in [0.15, 0.2) is 77.9 Å². The van der Waals surface area contributed by atoms with Gasteiger partial charge in [0.15, 0.2) is 0 Å². The van der Waals surface area contributed by atoms with Crippen LogP contribution in [0.2, 0.25) is 0 Å². The van der Waals surface area contributed by atoms with Gasteiger partial charge in [-0.3, -0.25) is 15.5 Å². The minimum atomic E-state index is -0.439. The second kappa shape index (κ2) is 10.4. The summed E-state index contributed by atoms with van der Waals surface area (Å²) < 4.78 is 11.6. The average molecular weight is 434 g/mol. The zero-order valence-electron chi connectivity index (χ0n) is 18.4. The molecule has 166 valence electrons. The Bertz CT molecular complexity index is 1060. The second-order valence-corrected chi connectivity index (χ2v) is 8.18. The Labute approximate surface area is 187 Å². The Balaban J connectivity index is 1.50. The van der Waals surface area contributed by atoms with Crippen LogP contribution in [0.3, 0.4) is 0 Å². The normalized spacial score (nSPS) is 11.3. The second-order valence-electron chi connectivity index (χ2n) is 8.18. The van der Waals surface area contributed by atoms with Crippen molar-refractivity contribution in [3.05, 3.63) is 94.0 Å². The highest BCUT2D eigenvalue weighted by Crippen LogP contribution is 2.24. The third-order valence-electron chi connectivity index (χ3n) is 4.72. The molecule has 3 rings (SSSR count). The zero-order valence-corrected chi connectivity index (χ0v) is 18.4. The molecule has 7 nitrogen and oxygen atoms in total. The van der Waals surface area contributed by atoms with Gasteiger partial charge >= 0.3 is 0 Å². The van der Waals surface area contributed by atoms with E-state index in [4.69, 9.17) is 9.47 Å². The molecule has 0 atom stereocenters. The van der Waals surface area contributed by atoms with Crippen LogP contribution in [0.1, 0.15) is 31.9 Å². The molecule has 0 aliphatic heterocycles. The van der Waals surface area contributed by atoms with Gasteiger partial charge in [-0.05, 0) is 47.4 Å². The molecule has 3 aromatic carbocycles. The standard InChI is InChI=1S/C25H27N3O4/c1-25(2,3)20-8-14-23(15-9-20)31-16-17-32-24-7-5-4-6-19(24)18-26-27-21-10-12-22(13-11-21)28(29)30/h4-15,18,27H,16-17H2,1-3H3/b26-18-. The Hall–Kier alpha value is -3.87. The molecule has 32 heavy (non-hydrogen) atoms. The minimum absolute atomic E-state index is 0.0330. The number of ether oxygens (including phenoxy) is 2. The number of hydrogen-bond donors (Lipinski definition) is 1. The summed E-state index contributed by atoms with van der Waals surface area (Å²) in [5, 5.41) is 14.9. The van der Waals surface area contributed by atoms with E-state index in [-0.39, 0.29) is 11.1 Å². The molecule has 0 radical (unpaired) electrons. The highest BCUT2D eigenvalue weighted by molar-refractivity contribution is 5.84. The first kappa shape index (κ1) is 22.8. The van der Waals surface area contributed by atoms with Gasteiger partial charge in [-0.1, -0.05) is 45.0 Å². The number of benzene rings is 3. The number of anilines is 1. The molecule has 0 saturated heterocycles. The summed E-state index contributed by atoms with van der Waals surface area (Å²) in [6, 6.07) is 21.7. The number of rotatable bonds is 9. The smallest absolute Gasteiger partial charge is 0.269 e. The van der Waals surface area contributed by atoms with Gasteiger partial charge in [0.2, 0.25) is 0 Å². The summed E-state index contributed by atoms with van der Waals surface area (Å²) >= 11 is 0. The van der Waals surface area contributed by atoms with Gasteiger partial charge in [-0.2, -0.15) is 5.10 Å². The van der Waals surface area contributed by atoms with E-state index in [1.807, 2.05) is 36.4 Å². The van der Waals surface area contributed by atoms with Crippen LogP contribution in [0.5, 0.6) is 11.5 Å². The molecular formula is C25H27N3O4. The highest BCUT2D eigenvalue weighted by atomic mass is 16.6. The van der Waals surface area contributed by atoms with Crippen LogP contribution in [0.25, 0.3) is 0 Å². The molecule has 0 aliphatic rings. The lowest BCUT2D eigenvalue weighted by Gasteiger charge is -2.19. The van der Waals surface area contributed by atoms with E-state index in [1.54, 1.807) is 18.3 Å². The molecule has 7 heteroatoms. The molecule has 1 N–H and O–H groups in total. The number of hydrogen-bond acceptors (Lipinski definition) is 6. The van der Waals surface area contributed by atoms with Crippen molar-refractivity contribution in [2.24, 2.45) is 5.10 Å². The largest absolute Gasteiger partial charge is 0.490 e. The van der Waals surface area contributed by atoms with E-state index < -0.39 is 4.92 Å². The molecule has 0 aliphatic carbocycles. The molecule has 0 amide bonds. The van der Waals surface area contributed by atoms with Crippen molar-refractivity contribution in [2.45, 2.75) is 26.2 Å². The molecule has 0 unspecified atom stereocenters. The average Bonchev–Trinajstić information content (AvgIpc) is 2.78. The molecule has 0 fully saturated rings. The Morgan fingerprint density at radius 2 is 1.59 bits per heavy atom. The van der Waals surface area contributed by atoms with E-state index in [0.29, 0.717) is 24.7 Å². The van der Waals surface area contributed by atoms with Gasteiger partial charge in [-0.25, -0.2) is 0 Å². The first-order chi connectivity index (χ1) is 15.3. The fourth-order valence-electron chi connectivity index (χ4n) is 2.91. The van der Waals surface area contributed by atoms with Gasteiger partial charge in [-0.15, -0.1) is 0 Å². The number of nitro groups is 1. The highest BCUT2D eigenvalue weighted by Gasteiger charge is 2.13. The first-order valence-corrected chi connectivity index (χ1v) is 10.3. The maximum Gasteiger partial charge on any atom is 0.269 e. The fourth-order valence-corrected chi connectivity index (χ4v) is 2.91. The quantitative estimate of drug-likeness (QED) is 0.200. The van der Waals surface area contributed by atoms with Crippen molar-refractivity contribution in [1.29, 1.82) is 0 Å². The fraction of sp³-hybridized carbons (Fsp3) is 0.240. The summed E-state index contributed by atoms with van der Waals surface area (Å²) in [5.41, 5.74) is 5.71. The van der Waals surface area contributed by atoms with Crippen molar-refractivity contribution >= 4 is 17.6 Å². The van der Waals surface area contributed by atoms with Gasteiger partial charge in [0.25, 0.3) is 5.69 Å². The number of nitrogens with zero attached hydrogens (tertiary/aromatic N) is 2. The van der Waals surface area contributed by atoms with Crippen LogP contribution in [0.4, 0.5) is 11.4 Å². The number of para-hydroxylation sites is 1. The van der Waals surface area contributed by atoms with E-state index in [0.717, 1.165) is 11.3 Å². The Morgan fingerprint density at radius 1 is 0.938 bits per heavy atom. The monoisotopic (exact) mass is 433 g/mol. The predicted molar refractivity (Wildman–Crippen MR) is 127 cm³/mol. The maximum absolute atomic E-state index is 10.7. The number of hydrazone groups is 1. The molecule has 0 saturated carbocycles. The molecule has 0 heterocycles. The van der Waals surface area contributed by atoms with Crippen LogP contribution >= 0.6 is 0 Å². The third kappa shape index (κ3) is 6.57. The topological polar surface area (TPSA) is 86.0 Å². The molecule has 0 spiro atoms. The lowest BCUT2D eigenvalue weighted by molar-refractivity contribution is -0.384. The zero-order chi connectivity index (χ0) is 23.0. The Kier molecular flexibility index (Phi) is 7.44.